The zero-order chi connectivity index (χ0) is 22.0. The number of rotatable bonds is 12. The molecule has 0 aromatic carbocycles. The Kier molecular flexibility index (Phi) is 10.7. The number of carboxylic acid groups (broad SMARTS) is 1. The lowest BCUT2D eigenvalue weighted by Crippen LogP contribution is -2.58. The monoisotopic (exact) mass is 403 g/mol. The van der Waals surface area contributed by atoms with Crippen molar-refractivity contribution >= 4 is 29.6 Å². The number of amides is 4. The third-order valence-corrected chi connectivity index (χ3v) is 3.59. The molecule has 0 aromatic heterocycles. The Balaban J connectivity index is 5.17. The average molecular weight is 403 g/mol. The molecule has 4 amide bonds. The number of hydrogen-bond donors (Lipinski definition) is 7. The molecule has 160 valence electrons. The van der Waals surface area contributed by atoms with Gasteiger partial charge in [0.25, 0.3) is 0 Å². The predicted molar refractivity (Wildman–Crippen MR) is 97.4 cm³/mol. The van der Waals surface area contributed by atoms with Crippen molar-refractivity contribution in [1.82, 2.24) is 16.0 Å². The van der Waals surface area contributed by atoms with Gasteiger partial charge in [-0.15, -0.1) is 0 Å². The van der Waals surface area contributed by atoms with Crippen LogP contribution in [0.5, 0.6) is 0 Å². The topological polar surface area (TPSA) is 214 Å². The zero-order valence-electron chi connectivity index (χ0n) is 16.1. The van der Waals surface area contributed by atoms with Crippen LogP contribution < -0.4 is 27.4 Å². The second-order valence-electron chi connectivity index (χ2n) is 6.79. The van der Waals surface area contributed by atoms with Crippen molar-refractivity contribution in [2.45, 2.75) is 57.8 Å². The van der Waals surface area contributed by atoms with Gasteiger partial charge in [-0.2, -0.15) is 0 Å². The molecule has 0 aromatic rings. The Morgan fingerprint density at radius 3 is 1.71 bits per heavy atom. The number of carbonyl (C=O) groups excluding carboxylic acids is 4. The lowest BCUT2D eigenvalue weighted by Gasteiger charge is -2.23. The van der Waals surface area contributed by atoms with Crippen LogP contribution in [-0.4, -0.2) is 70.6 Å². The second kappa shape index (κ2) is 11.9. The first-order valence-corrected chi connectivity index (χ1v) is 8.67. The van der Waals surface area contributed by atoms with E-state index in [1.54, 1.807) is 13.8 Å². The highest BCUT2D eigenvalue weighted by Crippen LogP contribution is 2.05. The number of aliphatic hydroxyl groups is 1. The molecule has 0 bridgehead atoms. The van der Waals surface area contributed by atoms with Gasteiger partial charge in [-0.05, 0) is 19.3 Å². The van der Waals surface area contributed by atoms with Crippen molar-refractivity contribution in [2.75, 3.05) is 6.61 Å². The molecule has 0 aliphatic carbocycles. The summed E-state index contributed by atoms with van der Waals surface area (Å²) in [5.74, 6) is -4.80. The van der Waals surface area contributed by atoms with Crippen LogP contribution in [-0.2, 0) is 24.0 Å². The second-order valence-corrected chi connectivity index (χ2v) is 6.79. The molecule has 0 rings (SSSR count). The maximum absolute atomic E-state index is 12.3. The van der Waals surface area contributed by atoms with E-state index < -0.39 is 66.8 Å². The van der Waals surface area contributed by atoms with Crippen LogP contribution in [0.15, 0.2) is 0 Å². The largest absolute Gasteiger partial charge is 0.480 e. The van der Waals surface area contributed by atoms with Crippen molar-refractivity contribution in [3.8, 4) is 0 Å². The third-order valence-electron chi connectivity index (χ3n) is 3.59. The Labute approximate surface area is 162 Å². The molecular weight excluding hydrogens is 374 g/mol. The Morgan fingerprint density at radius 2 is 1.32 bits per heavy atom. The minimum absolute atomic E-state index is 0.0306. The fraction of sp³-hybridized carbons (Fsp3) is 0.688. The van der Waals surface area contributed by atoms with Gasteiger partial charge in [-0.1, -0.05) is 13.8 Å². The first-order valence-electron chi connectivity index (χ1n) is 8.67. The highest BCUT2D eigenvalue weighted by Gasteiger charge is 2.30. The van der Waals surface area contributed by atoms with Gasteiger partial charge in [0.05, 0.1) is 19.1 Å². The molecule has 0 aliphatic rings. The Bertz CT molecular complexity index is 594. The van der Waals surface area contributed by atoms with Crippen molar-refractivity contribution in [3.63, 3.8) is 0 Å². The van der Waals surface area contributed by atoms with E-state index in [9.17, 15) is 34.2 Å². The van der Waals surface area contributed by atoms with E-state index in [4.69, 9.17) is 11.5 Å². The van der Waals surface area contributed by atoms with Gasteiger partial charge in [0.15, 0.2) is 0 Å². The van der Waals surface area contributed by atoms with Gasteiger partial charge in [0.2, 0.25) is 23.6 Å². The van der Waals surface area contributed by atoms with Crippen molar-refractivity contribution in [2.24, 2.45) is 17.4 Å². The standard InChI is InChI=1S/C16H29N5O7/c1-7(2)4-10(16(27)28)20-15(26)11(6-22)21-14(25)9(5-12(18)23)19-13(24)8(3)17/h7-11,22H,4-6,17H2,1-3H3,(H2,18,23)(H,19,24)(H,20,26)(H,21,25)(H,27,28). The fourth-order valence-electron chi connectivity index (χ4n) is 2.15. The molecule has 4 unspecified atom stereocenters. The summed E-state index contributed by atoms with van der Waals surface area (Å²) >= 11 is 0. The fourth-order valence-corrected chi connectivity index (χ4v) is 2.15. The summed E-state index contributed by atoms with van der Waals surface area (Å²) < 4.78 is 0. The molecule has 0 saturated carbocycles. The van der Waals surface area contributed by atoms with E-state index >= 15 is 0 Å². The van der Waals surface area contributed by atoms with Gasteiger partial charge >= 0.3 is 5.97 Å². The molecule has 4 atom stereocenters. The van der Waals surface area contributed by atoms with Gasteiger partial charge in [-0.25, -0.2) is 4.79 Å². The van der Waals surface area contributed by atoms with E-state index in [-0.39, 0.29) is 12.3 Å². The maximum atomic E-state index is 12.3. The number of nitrogens with one attached hydrogen (secondary N) is 3. The number of primary amides is 1. The van der Waals surface area contributed by atoms with Crippen LogP contribution >= 0.6 is 0 Å². The van der Waals surface area contributed by atoms with E-state index in [0.29, 0.717) is 0 Å². The molecule has 12 nitrogen and oxygen atoms in total. The first-order chi connectivity index (χ1) is 12.9. The summed E-state index contributed by atoms with van der Waals surface area (Å²) in [5, 5.41) is 25.2. The maximum Gasteiger partial charge on any atom is 0.326 e. The van der Waals surface area contributed by atoms with Crippen LogP contribution in [0.2, 0.25) is 0 Å². The van der Waals surface area contributed by atoms with E-state index in [0.717, 1.165) is 0 Å². The van der Waals surface area contributed by atoms with Crippen molar-refractivity contribution in [3.05, 3.63) is 0 Å². The number of carboxylic acids is 1. The van der Waals surface area contributed by atoms with Crippen LogP contribution in [0.3, 0.4) is 0 Å². The van der Waals surface area contributed by atoms with Crippen LogP contribution in [0.25, 0.3) is 0 Å². The minimum Gasteiger partial charge on any atom is -0.480 e. The van der Waals surface area contributed by atoms with Gasteiger partial charge in [0, 0.05) is 0 Å². The molecular formula is C16H29N5O7. The van der Waals surface area contributed by atoms with Gasteiger partial charge in [0.1, 0.15) is 18.1 Å². The molecule has 0 saturated heterocycles. The molecule has 12 heteroatoms. The van der Waals surface area contributed by atoms with Gasteiger partial charge < -0.3 is 37.6 Å². The number of hydrogen-bond acceptors (Lipinski definition) is 7. The summed E-state index contributed by atoms with van der Waals surface area (Å²) in [5.41, 5.74) is 10.5. The number of nitrogens with two attached hydrogens (primary N) is 2. The normalized spacial score (nSPS) is 15.1. The molecule has 9 N–H and O–H groups in total. The van der Waals surface area contributed by atoms with Crippen LogP contribution in [0, 0.1) is 5.92 Å². The highest BCUT2D eigenvalue weighted by molar-refractivity contribution is 5.96. The lowest BCUT2D eigenvalue weighted by atomic mass is 10.0. The summed E-state index contributed by atoms with van der Waals surface area (Å²) in [6, 6.07) is -5.09. The Hall–Kier alpha value is -2.73. The van der Waals surface area contributed by atoms with Crippen LogP contribution in [0.1, 0.15) is 33.6 Å². The number of aliphatic carboxylic acids is 1. The van der Waals surface area contributed by atoms with Crippen molar-refractivity contribution < 1.29 is 34.2 Å². The molecule has 0 aliphatic heterocycles. The summed E-state index contributed by atoms with van der Waals surface area (Å²) in [7, 11) is 0. The molecule has 28 heavy (non-hydrogen) atoms. The summed E-state index contributed by atoms with van der Waals surface area (Å²) in [4.78, 5) is 58.6. The molecule has 0 radical (unpaired) electrons. The molecule has 0 heterocycles. The van der Waals surface area contributed by atoms with E-state index in [1.807, 2.05) is 0 Å². The zero-order valence-corrected chi connectivity index (χ0v) is 16.1. The summed E-state index contributed by atoms with van der Waals surface area (Å²) in [6.07, 6.45) is -0.420. The quantitative estimate of drug-likeness (QED) is 0.175. The Morgan fingerprint density at radius 1 is 0.857 bits per heavy atom. The number of carbonyl (C=O) groups is 5. The predicted octanol–water partition coefficient (Wildman–Crippen LogP) is -3.21. The highest BCUT2D eigenvalue weighted by atomic mass is 16.4. The molecule has 0 fully saturated rings. The average Bonchev–Trinajstić information content (AvgIpc) is 2.56. The van der Waals surface area contributed by atoms with E-state index in [1.165, 1.54) is 6.92 Å². The third kappa shape index (κ3) is 9.28. The van der Waals surface area contributed by atoms with E-state index in [2.05, 4.69) is 16.0 Å². The van der Waals surface area contributed by atoms with Gasteiger partial charge in [-0.3, -0.25) is 19.2 Å². The van der Waals surface area contributed by atoms with Crippen LogP contribution in [0.4, 0.5) is 0 Å². The summed E-state index contributed by atoms with van der Waals surface area (Å²) in [6.45, 7) is 4.06. The lowest BCUT2D eigenvalue weighted by molar-refractivity contribution is -0.143. The number of aliphatic hydroxyl groups excluding tert-OH is 1. The van der Waals surface area contributed by atoms with Crippen molar-refractivity contribution in [1.29, 1.82) is 0 Å². The smallest absolute Gasteiger partial charge is 0.326 e. The first kappa shape index (κ1) is 25.3. The minimum atomic E-state index is -1.50. The molecule has 0 spiro atoms. The SMILES string of the molecule is CC(C)CC(NC(=O)C(CO)NC(=O)C(CC(N)=O)NC(=O)C(C)N)C(=O)O.